The van der Waals surface area contributed by atoms with Gasteiger partial charge in [0.1, 0.15) is 17.9 Å². The van der Waals surface area contributed by atoms with Gasteiger partial charge in [-0.25, -0.2) is 4.52 Å². The van der Waals surface area contributed by atoms with Crippen LogP contribution in [0.2, 0.25) is 0 Å². The van der Waals surface area contributed by atoms with Gasteiger partial charge in [0.15, 0.2) is 5.01 Å². The van der Waals surface area contributed by atoms with Crippen molar-refractivity contribution in [2.75, 3.05) is 50.0 Å². The Morgan fingerprint density at radius 2 is 1.88 bits per heavy atom. The zero-order valence-corrected chi connectivity index (χ0v) is 33.0. The Morgan fingerprint density at radius 3 is 2.60 bits per heavy atom. The first kappa shape index (κ1) is 37.9. The van der Waals surface area contributed by atoms with Crippen molar-refractivity contribution < 1.29 is 9.59 Å². The number of piperazine rings is 1. The molecule has 2 amide bonds. The minimum Gasteiger partial charge on any atom is -0.369 e. The fraction of sp³-hybridized carbons (Fsp3) is 0.439. The Labute approximate surface area is 335 Å². The standard InChI is InChI=1S/C41H45N13O2S/c1-25(32-8-11-38(55)48-39(32)56)4-10-37(44-3)51-14-12-27(13-15-51)22-53-30-5-6-31(53)24-52(23-30)41-50-49-40(57-41)33-21-45-35(17-34(33)47-26(2)18-42)36-9-7-29-16-28(19-43)20-46-54(29)36/h4,7,9-10,16-17,20-21,26-27,30-32H,1,5-6,8,11-15,22-24H2,2-3H3,(H,45,47)(H,48,55,56)/b10-4-,44-37+/t26-,30?,31?,32+/m1/s1. The number of allylic oxidation sites excluding steroid dienone is 1. The maximum absolute atomic E-state index is 12.3. The maximum atomic E-state index is 12.3. The molecule has 4 aromatic rings. The van der Waals surface area contributed by atoms with Gasteiger partial charge in [-0.1, -0.05) is 24.0 Å². The minimum absolute atomic E-state index is 0.222. The van der Waals surface area contributed by atoms with Crippen molar-refractivity contribution in [1.29, 1.82) is 10.5 Å². The summed E-state index contributed by atoms with van der Waals surface area (Å²) < 4.78 is 1.75. The molecule has 16 heteroatoms. The molecule has 0 spiro atoms. The van der Waals surface area contributed by atoms with Crippen molar-refractivity contribution in [2.45, 2.75) is 63.6 Å². The zero-order valence-electron chi connectivity index (χ0n) is 32.1. The van der Waals surface area contributed by atoms with Crippen molar-refractivity contribution in [1.82, 2.24) is 39.9 Å². The topological polar surface area (TPSA) is 184 Å². The monoisotopic (exact) mass is 783 g/mol. The summed E-state index contributed by atoms with van der Waals surface area (Å²) in [5, 5.41) is 40.1. The Hall–Kier alpha value is -5.97. The van der Waals surface area contributed by atoms with Crippen molar-refractivity contribution in [3.8, 4) is 34.1 Å². The molecule has 4 aromatic heterocycles. The summed E-state index contributed by atoms with van der Waals surface area (Å²) >= 11 is 1.55. The van der Waals surface area contributed by atoms with Crippen LogP contribution in [-0.4, -0.2) is 110 Å². The molecule has 57 heavy (non-hydrogen) atoms. The highest BCUT2D eigenvalue weighted by Gasteiger charge is 2.42. The molecule has 4 saturated heterocycles. The van der Waals surface area contributed by atoms with Gasteiger partial charge >= 0.3 is 0 Å². The lowest BCUT2D eigenvalue weighted by molar-refractivity contribution is -0.135. The molecule has 4 aliphatic rings. The average molecular weight is 784 g/mol. The molecule has 2 bridgehead atoms. The zero-order chi connectivity index (χ0) is 39.6. The SMILES string of the molecule is C=C(/C=C\C(=N/C)N1CCC(CN2C3CCC2CN(c2nnc(-c4cnc(-c5ccc6cc(C#N)cnn56)cc4N[C@H](C)C#N)s2)C3)CC1)[C@@H]1CCC(=O)NC1=O. The van der Waals surface area contributed by atoms with Crippen LogP contribution in [0.15, 0.2) is 66.0 Å². The molecule has 2 unspecified atom stereocenters. The molecule has 0 saturated carbocycles. The first-order valence-corrected chi connectivity index (χ1v) is 20.3. The minimum atomic E-state index is -0.446. The quantitative estimate of drug-likeness (QED) is 0.0983. The third-order valence-corrected chi connectivity index (χ3v) is 12.7. The predicted octanol–water partition coefficient (Wildman–Crippen LogP) is 4.67. The van der Waals surface area contributed by atoms with Gasteiger partial charge in [0.05, 0.1) is 46.2 Å². The number of amidine groups is 1. The third kappa shape index (κ3) is 7.88. The number of likely N-dealkylation sites (tertiary alicyclic amines) is 1. The molecule has 15 nitrogen and oxygen atoms in total. The van der Waals surface area contributed by atoms with E-state index in [1.807, 2.05) is 37.3 Å². The Bertz CT molecular complexity index is 2330. The van der Waals surface area contributed by atoms with Crippen LogP contribution in [0.3, 0.4) is 0 Å². The highest BCUT2D eigenvalue weighted by molar-refractivity contribution is 7.18. The first-order valence-electron chi connectivity index (χ1n) is 19.5. The molecule has 2 N–H and O–H groups in total. The number of carbonyl (C=O) groups excluding carboxylic acids is 2. The number of carbonyl (C=O) groups is 2. The lowest BCUT2D eigenvalue weighted by atomic mass is 9.91. The second kappa shape index (κ2) is 16.3. The van der Waals surface area contributed by atoms with Crippen LogP contribution in [0.5, 0.6) is 0 Å². The van der Waals surface area contributed by atoms with Crippen LogP contribution in [0, 0.1) is 34.5 Å². The number of anilines is 2. The molecular weight excluding hydrogens is 739 g/mol. The van der Waals surface area contributed by atoms with E-state index in [2.05, 4.69) is 64.3 Å². The number of aromatic nitrogens is 5. The molecule has 4 aliphatic heterocycles. The van der Waals surface area contributed by atoms with Crippen molar-refractivity contribution in [2.24, 2.45) is 16.8 Å². The lowest BCUT2D eigenvalue weighted by Crippen LogP contribution is -2.55. The number of pyridine rings is 1. The molecule has 0 aromatic carbocycles. The largest absolute Gasteiger partial charge is 0.369 e. The van der Waals surface area contributed by atoms with Gasteiger partial charge in [0, 0.05) is 70.2 Å². The molecule has 4 fully saturated rings. The maximum Gasteiger partial charge on any atom is 0.234 e. The van der Waals surface area contributed by atoms with E-state index in [9.17, 15) is 20.1 Å². The highest BCUT2D eigenvalue weighted by Crippen LogP contribution is 2.39. The van der Waals surface area contributed by atoms with Crippen LogP contribution >= 0.6 is 11.3 Å². The van der Waals surface area contributed by atoms with Crippen LogP contribution in [0.25, 0.3) is 27.5 Å². The number of piperidine rings is 2. The number of rotatable bonds is 10. The van der Waals surface area contributed by atoms with Gasteiger partial charge in [-0.3, -0.25) is 29.8 Å². The second-order valence-corrected chi connectivity index (χ2v) is 16.3. The number of fused-ring (bicyclic) bond motifs is 3. The number of amides is 2. The van der Waals surface area contributed by atoms with Crippen molar-refractivity contribution in [3.63, 3.8) is 0 Å². The van der Waals surface area contributed by atoms with E-state index in [-0.39, 0.29) is 17.7 Å². The summed E-state index contributed by atoms with van der Waals surface area (Å²) in [6.45, 7) is 10.7. The number of hydrogen-bond donors (Lipinski definition) is 2. The molecule has 8 rings (SSSR count). The van der Waals surface area contributed by atoms with Gasteiger partial charge < -0.3 is 15.1 Å². The highest BCUT2D eigenvalue weighted by atomic mass is 32.1. The third-order valence-electron chi connectivity index (χ3n) is 11.7. The molecule has 8 heterocycles. The smallest absolute Gasteiger partial charge is 0.234 e. The van der Waals surface area contributed by atoms with Crippen LogP contribution in [0.4, 0.5) is 10.8 Å². The van der Waals surface area contributed by atoms with Crippen molar-refractivity contribution >= 4 is 45.3 Å². The Kier molecular flexibility index (Phi) is 10.8. The van der Waals surface area contributed by atoms with E-state index in [4.69, 9.17) is 4.98 Å². The summed E-state index contributed by atoms with van der Waals surface area (Å²) in [5.74, 6) is 0.628. The number of nitrogens with zero attached hydrogens (tertiary/aromatic N) is 11. The summed E-state index contributed by atoms with van der Waals surface area (Å²) in [6.07, 6.45) is 12.5. The van der Waals surface area contributed by atoms with Gasteiger partial charge in [-0.2, -0.15) is 15.6 Å². The predicted molar refractivity (Wildman–Crippen MR) is 218 cm³/mol. The van der Waals surface area contributed by atoms with Crippen LogP contribution in [0.1, 0.15) is 51.0 Å². The van der Waals surface area contributed by atoms with E-state index in [1.165, 1.54) is 19.0 Å². The lowest BCUT2D eigenvalue weighted by Gasteiger charge is -2.43. The number of imide groups is 1. The van der Waals surface area contributed by atoms with E-state index in [0.29, 0.717) is 47.7 Å². The normalized spacial score (nSPS) is 22.5. The number of hydrogen-bond acceptors (Lipinski definition) is 13. The van der Waals surface area contributed by atoms with Gasteiger partial charge in [0.2, 0.25) is 16.9 Å². The Morgan fingerprint density at radius 1 is 1.09 bits per heavy atom. The summed E-state index contributed by atoms with van der Waals surface area (Å²) in [7, 11) is 1.80. The van der Waals surface area contributed by atoms with Crippen LogP contribution < -0.4 is 15.5 Å². The molecule has 0 radical (unpaired) electrons. The number of aliphatic imine (C=N–C) groups is 1. The molecule has 4 atom stereocenters. The molecule has 0 aliphatic carbocycles. The molecule has 292 valence electrons. The van der Waals surface area contributed by atoms with Crippen molar-refractivity contribution in [3.05, 3.63) is 66.5 Å². The Balaban J connectivity index is 0.892. The van der Waals surface area contributed by atoms with E-state index in [1.54, 1.807) is 35.2 Å². The van der Waals surface area contributed by atoms with Gasteiger partial charge in [-0.15, -0.1) is 10.2 Å². The van der Waals surface area contributed by atoms with Gasteiger partial charge in [-0.05, 0) is 80.9 Å². The van der Waals surface area contributed by atoms with E-state index < -0.39 is 6.04 Å². The number of nitriles is 2. The summed E-state index contributed by atoms with van der Waals surface area (Å²) in [5.41, 5.74) is 4.95. The fourth-order valence-electron chi connectivity index (χ4n) is 8.61. The molecular formula is C41H45N13O2S. The van der Waals surface area contributed by atoms with Crippen LogP contribution in [-0.2, 0) is 9.59 Å². The summed E-state index contributed by atoms with van der Waals surface area (Å²) in [6, 6.07) is 12.4. The fourth-order valence-corrected chi connectivity index (χ4v) is 9.50. The second-order valence-electron chi connectivity index (χ2n) is 15.3. The number of nitrogens with one attached hydrogen (secondary N) is 2. The van der Waals surface area contributed by atoms with Gasteiger partial charge in [0.25, 0.3) is 0 Å². The summed E-state index contributed by atoms with van der Waals surface area (Å²) in [4.78, 5) is 40.6. The van der Waals surface area contributed by atoms with E-state index >= 15 is 0 Å². The first-order chi connectivity index (χ1) is 27.7. The van der Waals surface area contributed by atoms with E-state index in [0.717, 1.165) is 84.0 Å². The average Bonchev–Trinajstić information content (AvgIpc) is 3.94.